The quantitative estimate of drug-likeness (QED) is 0.796. The van der Waals surface area contributed by atoms with Crippen LogP contribution >= 0.6 is 11.8 Å². The number of nitriles is 1. The average molecular weight is 287 g/mol. The van der Waals surface area contributed by atoms with Crippen LogP contribution in [0.25, 0.3) is 0 Å². The van der Waals surface area contributed by atoms with Gasteiger partial charge in [0.2, 0.25) is 11.7 Å². The van der Waals surface area contributed by atoms with Gasteiger partial charge in [0.25, 0.3) is 0 Å². The lowest BCUT2D eigenvalue weighted by atomic mass is 10.3. The van der Waals surface area contributed by atoms with E-state index in [1.807, 2.05) is 30.3 Å². The summed E-state index contributed by atoms with van der Waals surface area (Å²) in [5.41, 5.74) is 6.04. The molecule has 2 aromatic rings. The van der Waals surface area contributed by atoms with Crippen molar-refractivity contribution in [2.75, 3.05) is 11.1 Å². The summed E-state index contributed by atoms with van der Waals surface area (Å²) in [7, 11) is 0. The molecule has 5 nitrogen and oxygen atoms in total. The first-order chi connectivity index (χ1) is 9.69. The van der Waals surface area contributed by atoms with Gasteiger partial charge >= 0.3 is 0 Å². The number of hydrogen-bond acceptors (Lipinski definition) is 5. The van der Waals surface area contributed by atoms with Crippen LogP contribution in [0.2, 0.25) is 0 Å². The summed E-state index contributed by atoms with van der Waals surface area (Å²) in [6.07, 6.45) is 0. The molecule has 0 unspecified atom stereocenters. The van der Waals surface area contributed by atoms with Crippen molar-refractivity contribution in [1.82, 2.24) is 0 Å². The first-order valence-corrected chi connectivity index (χ1v) is 6.90. The lowest BCUT2D eigenvalue weighted by molar-refractivity contribution is -0.115. The van der Waals surface area contributed by atoms with Gasteiger partial charge in [-0.1, -0.05) is 12.1 Å². The zero-order valence-electron chi connectivity index (χ0n) is 10.6. The molecule has 102 valence electrons. The van der Waals surface area contributed by atoms with E-state index < -0.39 is 0 Å². The maximum Gasteiger partial charge on any atom is 0.227 e. The van der Waals surface area contributed by atoms with Gasteiger partial charge in [-0.05, 0) is 24.3 Å². The number of amides is 1. The molecule has 0 saturated heterocycles. The fourth-order valence-corrected chi connectivity index (χ4v) is 2.37. The molecule has 6 heteroatoms. The number of nitrogens with one attached hydrogen (secondary N) is 1. The Labute approximate surface area is 120 Å². The maximum absolute atomic E-state index is 10.8. The fourth-order valence-electron chi connectivity index (χ4n) is 1.60. The predicted molar refractivity (Wildman–Crippen MR) is 77.1 cm³/mol. The van der Waals surface area contributed by atoms with Crippen molar-refractivity contribution < 1.29 is 9.21 Å². The van der Waals surface area contributed by atoms with Crippen molar-refractivity contribution in [1.29, 1.82) is 5.26 Å². The molecule has 0 atom stereocenters. The molecule has 1 heterocycles. The van der Waals surface area contributed by atoms with E-state index in [2.05, 4.69) is 5.32 Å². The van der Waals surface area contributed by atoms with E-state index in [9.17, 15) is 4.79 Å². The van der Waals surface area contributed by atoms with Crippen LogP contribution in [0.4, 0.5) is 5.69 Å². The second-order valence-electron chi connectivity index (χ2n) is 3.98. The van der Waals surface area contributed by atoms with Gasteiger partial charge in [0.05, 0.1) is 12.3 Å². The Morgan fingerprint density at radius 2 is 2.15 bits per heavy atom. The fraction of sp³-hybridized carbons (Fsp3) is 0.143. The van der Waals surface area contributed by atoms with Crippen molar-refractivity contribution in [3.05, 3.63) is 47.9 Å². The van der Waals surface area contributed by atoms with E-state index in [4.69, 9.17) is 15.4 Å². The van der Waals surface area contributed by atoms with Crippen molar-refractivity contribution in [3.8, 4) is 6.07 Å². The molecule has 0 aliphatic heterocycles. The zero-order valence-corrected chi connectivity index (χ0v) is 11.4. The lowest BCUT2D eigenvalue weighted by Gasteiger charge is -2.09. The van der Waals surface area contributed by atoms with E-state index in [0.717, 1.165) is 10.6 Å². The van der Waals surface area contributed by atoms with Crippen molar-refractivity contribution in [2.24, 2.45) is 5.73 Å². The van der Waals surface area contributed by atoms with Crippen molar-refractivity contribution in [2.45, 2.75) is 11.4 Å². The number of furan rings is 1. The number of thioether (sulfide) groups is 1. The zero-order chi connectivity index (χ0) is 14.4. The summed E-state index contributed by atoms with van der Waals surface area (Å²) < 4.78 is 5.29. The van der Waals surface area contributed by atoms with E-state index in [0.29, 0.717) is 12.3 Å². The number of nitrogens with zero attached hydrogens (tertiary/aromatic N) is 1. The number of hydrogen-bond donors (Lipinski definition) is 2. The Kier molecular flexibility index (Phi) is 4.69. The number of carbonyl (C=O) groups is 1. The SMILES string of the molecule is N#Cc1ccc(CNc2ccccc2SCC(N)=O)o1. The van der Waals surface area contributed by atoms with E-state index in [1.165, 1.54) is 11.8 Å². The molecule has 0 spiro atoms. The normalized spacial score (nSPS) is 9.95. The number of anilines is 1. The van der Waals surface area contributed by atoms with Crippen LogP contribution in [0.3, 0.4) is 0 Å². The first kappa shape index (κ1) is 14.0. The molecule has 1 aromatic heterocycles. The van der Waals surface area contributed by atoms with Gasteiger partial charge in [-0.3, -0.25) is 4.79 Å². The lowest BCUT2D eigenvalue weighted by Crippen LogP contribution is -2.13. The van der Waals surface area contributed by atoms with Crippen LogP contribution in [0.1, 0.15) is 11.5 Å². The van der Waals surface area contributed by atoms with Gasteiger partial charge in [0.1, 0.15) is 11.8 Å². The number of carbonyl (C=O) groups excluding carboxylic acids is 1. The second kappa shape index (κ2) is 6.68. The van der Waals surface area contributed by atoms with Crippen molar-refractivity contribution in [3.63, 3.8) is 0 Å². The van der Waals surface area contributed by atoms with Crippen LogP contribution < -0.4 is 11.1 Å². The monoisotopic (exact) mass is 287 g/mol. The third-order valence-electron chi connectivity index (χ3n) is 2.48. The highest BCUT2D eigenvalue weighted by atomic mass is 32.2. The van der Waals surface area contributed by atoms with Gasteiger partial charge < -0.3 is 15.5 Å². The number of benzene rings is 1. The van der Waals surface area contributed by atoms with E-state index in [-0.39, 0.29) is 17.4 Å². The van der Waals surface area contributed by atoms with Gasteiger partial charge in [0.15, 0.2) is 0 Å². The molecule has 1 amide bonds. The van der Waals surface area contributed by atoms with Gasteiger partial charge in [0, 0.05) is 10.6 Å². The average Bonchev–Trinajstić information content (AvgIpc) is 2.91. The van der Waals surface area contributed by atoms with Gasteiger partial charge in [-0.15, -0.1) is 11.8 Å². The Hall–Kier alpha value is -2.39. The minimum atomic E-state index is -0.352. The van der Waals surface area contributed by atoms with Gasteiger partial charge in [-0.25, -0.2) is 0 Å². The molecular formula is C14H13N3O2S. The smallest absolute Gasteiger partial charge is 0.227 e. The topological polar surface area (TPSA) is 92.0 Å². The Morgan fingerprint density at radius 1 is 1.35 bits per heavy atom. The summed E-state index contributed by atoms with van der Waals surface area (Å²) in [4.78, 5) is 11.8. The molecule has 1 aromatic carbocycles. The number of rotatable bonds is 6. The molecule has 0 radical (unpaired) electrons. The molecule has 0 fully saturated rings. The Bertz CT molecular complexity index is 646. The molecule has 0 aliphatic rings. The van der Waals surface area contributed by atoms with Crippen LogP contribution in [-0.2, 0) is 11.3 Å². The summed E-state index contributed by atoms with van der Waals surface area (Å²) in [5.74, 6) is 0.849. The third-order valence-corrected chi connectivity index (χ3v) is 3.58. The minimum absolute atomic E-state index is 0.234. The highest BCUT2D eigenvalue weighted by molar-refractivity contribution is 8.00. The summed E-state index contributed by atoms with van der Waals surface area (Å²) in [6.45, 7) is 0.468. The van der Waals surface area contributed by atoms with Crippen LogP contribution in [-0.4, -0.2) is 11.7 Å². The Balaban J connectivity index is 2.01. The number of para-hydroxylation sites is 1. The molecule has 0 bridgehead atoms. The summed E-state index contributed by atoms with van der Waals surface area (Å²) in [6, 6.07) is 13.0. The third kappa shape index (κ3) is 3.80. The Morgan fingerprint density at radius 3 is 2.85 bits per heavy atom. The molecule has 0 aliphatic carbocycles. The molecule has 20 heavy (non-hydrogen) atoms. The predicted octanol–water partition coefficient (Wildman–Crippen LogP) is 2.34. The second-order valence-corrected chi connectivity index (χ2v) is 5.00. The molecule has 2 rings (SSSR count). The summed E-state index contributed by atoms with van der Waals surface area (Å²) >= 11 is 1.38. The standard InChI is InChI=1S/C14H13N3O2S/c15-7-10-5-6-11(19-10)8-17-12-3-1-2-4-13(12)20-9-14(16)18/h1-6,17H,8-9H2,(H2,16,18). The van der Waals surface area contributed by atoms with E-state index >= 15 is 0 Å². The van der Waals surface area contributed by atoms with Crippen LogP contribution in [0, 0.1) is 11.3 Å². The number of nitrogens with two attached hydrogens (primary N) is 1. The van der Waals surface area contributed by atoms with Gasteiger partial charge in [-0.2, -0.15) is 5.26 Å². The summed E-state index contributed by atoms with van der Waals surface area (Å²) in [5, 5.41) is 11.9. The van der Waals surface area contributed by atoms with Crippen LogP contribution in [0.5, 0.6) is 0 Å². The molecule has 0 saturated carbocycles. The number of primary amides is 1. The highest BCUT2D eigenvalue weighted by Crippen LogP contribution is 2.27. The largest absolute Gasteiger partial charge is 0.449 e. The minimum Gasteiger partial charge on any atom is -0.449 e. The maximum atomic E-state index is 10.8. The van der Waals surface area contributed by atoms with Crippen molar-refractivity contribution >= 4 is 23.4 Å². The van der Waals surface area contributed by atoms with E-state index in [1.54, 1.807) is 12.1 Å². The highest BCUT2D eigenvalue weighted by Gasteiger charge is 2.06. The molecule has 3 N–H and O–H groups in total. The first-order valence-electron chi connectivity index (χ1n) is 5.92. The molecular weight excluding hydrogens is 274 g/mol. The van der Waals surface area contributed by atoms with Crippen LogP contribution in [0.15, 0.2) is 45.7 Å².